The lowest BCUT2D eigenvalue weighted by atomic mass is 9.92. The van der Waals surface area contributed by atoms with Crippen molar-refractivity contribution in [3.8, 4) is 11.8 Å². The van der Waals surface area contributed by atoms with E-state index in [1.54, 1.807) is 6.07 Å². The van der Waals surface area contributed by atoms with Gasteiger partial charge in [-0.05, 0) is 57.0 Å². The topological polar surface area (TPSA) is 59.0 Å². The van der Waals surface area contributed by atoms with Gasteiger partial charge in [-0.2, -0.15) is 5.26 Å². The average molecular weight is 267 g/mol. The van der Waals surface area contributed by atoms with Crippen molar-refractivity contribution in [3.05, 3.63) is 28.8 Å². The number of halogens is 1. The van der Waals surface area contributed by atoms with Crippen molar-refractivity contribution in [2.75, 3.05) is 13.2 Å². The van der Waals surface area contributed by atoms with Crippen molar-refractivity contribution in [3.63, 3.8) is 0 Å². The molecule has 0 radical (unpaired) electrons. The molecule has 0 aliphatic heterocycles. The van der Waals surface area contributed by atoms with Crippen LogP contribution in [-0.2, 0) is 6.42 Å². The molecule has 1 aromatic carbocycles. The van der Waals surface area contributed by atoms with Gasteiger partial charge in [0.2, 0.25) is 0 Å². The van der Waals surface area contributed by atoms with E-state index in [0.717, 1.165) is 17.7 Å². The lowest BCUT2D eigenvalue weighted by Crippen LogP contribution is -2.14. The van der Waals surface area contributed by atoms with Gasteiger partial charge < -0.3 is 10.5 Å². The van der Waals surface area contributed by atoms with E-state index >= 15 is 0 Å². The summed E-state index contributed by atoms with van der Waals surface area (Å²) < 4.78 is 5.72. The van der Waals surface area contributed by atoms with Crippen molar-refractivity contribution in [2.45, 2.75) is 26.7 Å². The van der Waals surface area contributed by atoms with Crippen molar-refractivity contribution < 1.29 is 4.74 Å². The maximum Gasteiger partial charge on any atom is 0.122 e. The first kappa shape index (κ1) is 14.8. The second kappa shape index (κ2) is 6.63. The van der Waals surface area contributed by atoms with Gasteiger partial charge in [-0.1, -0.05) is 11.6 Å². The van der Waals surface area contributed by atoms with Crippen molar-refractivity contribution >= 4 is 11.6 Å². The molecule has 0 saturated carbocycles. The van der Waals surface area contributed by atoms with Crippen LogP contribution in [0.1, 0.15) is 25.8 Å². The molecule has 18 heavy (non-hydrogen) atoms. The number of benzene rings is 1. The van der Waals surface area contributed by atoms with Gasteiger partial charge in [0.15, 0.2) is 0 Å². The molecule has 1 rings (SSSR count). The van der Waals surface area contributed by atoms with Crippen molar-refractivity contribution in [1.29, 1.82) is 5.26 Å². The fourth-order valence-electron chi connectivity index (χ4n) is 1.51. The quantitative estimate of drug-likeness (QED) is 0.860. The van der Waals surface area contributed by atoms with Crippen molar-refractivity contribution in [2.24, 2.45) is 11.1 Å². The van der Waals surface area contributed by atoms with Gasteiger partial charge in [-0.3, -0.25) is 0 Å². The molecule has 0 aliphatic rings. The maximum atomic E-state index is 8.93. The highest BCUT2D eigenvalue weighted by atomic mass is 35.5. The van der Waals surface area contributed by atoms with Gasteiger partial charge in [-0.15, -0.1) is 0 Å². The van der Waals surface area contributed by atoms with Crippen LogP contribution < -0.4 is 10.5 Å². The van der Waals surface area contributed by atoms with Gasteiger partial charge >= 0.3 is 0 Å². The molecular formula is C14H19ClN2O. The zero-order chi connectivity index (χ0) is 13.6. The molecule has 0 heterocycles. The van der Waals surface area contributed by atoms with E-state index in [4.69, 9.17) is 27.3 Å². The zero-order valence-electron chi connectivity index (χ0n) is 10.9. The Morgan fingerprint density at radius 3 is 2.78 bits per heavy atom. The number of nitrogens with zero attached hydrogens (tertiary/aromatic N) is 1. The Morgan fingerprint density at radius 2 is 2.17 bits per heavy atom. The molecule has 98 valence electrons. The minimum atomic E-state index is -0.361. The summed E-state index contributed by atoms with van der Waals surface area (Å²) in [5, 5.41) is 9.61. The highest BCUT2D eigenvalue weighted by Crippen LogP contribution is 2.25. The summed E-state index contributed by atoms with van der Waals surface area (Å²) in [6.07, 6.45) is 1.42. The number of hydrogen-bond acceptors (Lipinski definition) is 3. The third kappa shape index (κ3) is 4.56. The summed E-state index contributed by atoms with van der Waals surface area (Å²) in [7, 11) is 0. The molecule has 0 bridgehead atoms. The molecule has 0 spiro atoms. The molecule has 0 saturated heterocycles. The molecule has 0 unspecified atom stereocenters. The van der Waals surface area contributed by atoms with E-state index in [2.05, 4.69) is 6.07 Å². The van der Waals surface area contributed by atoms with E-state index in [-0.39, 0.29) is 5.41 Å². The number of rotatable bonds is 6. The van der Waals surface area contributed by atoms with Crippen LogP contribution in [0.3, 0.4) is 0 Å². The highest BCUT2D eigenvalue weighted by molar-refractivity contribution is 6.30. The lowest BCUT2D eigenvalue weighted by Gasteiger charge is -2.17. The summed E-state index contributed by atoms with van der Waals surface area (Å²) in [6, 6.07) is 7.78. The SMILES string of the molecule is CC(C)(C#N)CCOc1ccc(Cl)cc1CCN. The Kier molecular flexibility index (Phi) is 5.46. The van der Waals surface area contributed by atoms with E-state index in [1.165, 1.54) is 0 Å². The Labute approximate surface area is 114 Å². The normalized spacial score (nSPS) is 11.1. The second-order valence-corrected chi connectivity index (χ2v) is 5.32. The second-order valence-electron chi connectivity index (χ2n) is 4.88. The smallest absolute Gasteiger partial charge is 0.122 e. The Morgan fingerprint density at radius 1 is 1.44 bits per heavy atom. The first-order valence-electron chi connectivity index (χ1n) is 6.01. The molecule has 4 heteroatoms. The summed E-state index contributed by atoms with van der Waals surface area (Å²) in [5.41, 5.74) is 6.21. The van der Waals surface area contributed by atoms with Crippen LogP contribution in [0.4, 0.5) is 0 Å². The molecular weight excluding hydrogens is 248 g/mol. The summed E-state index contributed by atoms with van der Waals surface area (Å²) >= 11 is 5.94. The molecule has 0 aliphatic carbocycles. The van der Waals surface area contributed by atoms with Gasteiger partial charge in [0, 0.05) is 5.02 Å². The molecule has 0 aromatic heterocycles. The molecule has 2 N–H and O–H groups in total. The number of nitriles is 1. The third-order valence-electron chi connectivity index (χ3n) is 2.72. The molecule has 3 nitrogen and oxygen atoms in total. The Hall–Kier alpha value is -1.24. The van der Waals surface area contributed by atoms with Gasteiger partial charge in [0.1, 0.15) is 5.75 Å². The van der Waals surface area contributed by atoms with Crippen LogP contribution in [-0.4, -0.2) is 13.2 Å². The minimum absolute atomic E-state index is 0.361. The highest BCUT2D eigenvalue weighted by Gasteiger charge is 2.16. The van der Waals surface area contributed by atoms with E-state index in [0.29, 0.717) is 24.6 Å². The molecule has 0 atom stereocenters. The largest absolute Gasteiger partial charge is 0.493 e. The van der Waals surface area contributed by atoms with E-state index in [9.17, 15) is 0 Å². The predicted octanol–water partition coefficient (Wildman–Crippen LogP) is 3.16. The standard InChI is InChI=1S/C14H19ClN2O/c1-14(2,10-17)6-8-18-13-4-3-12(15)9-11(13)5-7-16/h3-4,9H,5-8,16H2,1-2H3. The van der Waals surface area contributed by atoms with Crippen LogP contribution in [0.15, 0.2) is 18.2 Å². The first-order chi connectivity index (χ1) is 8.48. The average Bonchev–Trinajstić information content (AvgIpc) is 2.32. The van der Waals surface area contributed by atoms with Gasteiger partial charge in [0.25, 0.3) is 0 Å². The summed E-state index contributed by atoms with van der Waals surface area (Å²) in [4.78, 5) is 0. The van der Waals surface area contributed by atoms with Gasteiger partial charge in [-0.25, -0.2) is 0 Å². The third-order valence-corrected chi connectivity index (χ3v) is 2.96. The van der Waals surface area contributed by atoms with Crippen LogP contribution in [0.5, 0.6) is 5.75 Å². The summed E-state index contributed by atoms with van der Waals surface area (Å²) in [5.74, 6) is 0.804. The molecule has 0 amide bonds. The fraction of sp³-hybridized carbons (Fsp3) is 0.500. The number of hydrogen-bond donors (Lipinski definition) is 1. The Balaban J connectivity index is 2.65. The zero-order valence-corrected chi connectivity index (χ0v) is 11.6. The number of ether oxygens (including phenoxy) is 1. The van der Waals surface area contributed by atoms with E-state index in [1.807, 2.05) is 26.0 Å². The predicted molar refractivity (Wildman–Crippen MR) is 73.7 cm³/mol. The lowest BCUT2D eigenvalue weighted by molar-refractivity contribution is 0.262. The first-order valence-corrected chi connectivity index (χ1v) is 6.39. The Bertz CT molecular complexity index is 438. The van der Waals surface area contributed by atoms with E-state index < -0.39 is 0 Å². The number of nitrogens with two attached hydrogens (primary N) is 1. The van der Waals surface area contributed by atoms with Crippen LogP contribution in [0.25, 0.3) is 0 Å². The maximum absolute atomic E-state index is 8.93. The summed E-state index contributed by atoms with van der Waals surface area (Å²) in [6.45, 7) is 4.87. The van der Waals surface area contributed by atoms with Crippen molar-refractivity contribution in [1.82, 2.24) is 0 Å². The van der Waals surface area contributed by atoms with Crippen LogP contribution in [0.2, 0.25) is 5.02 Å². The van der Waals surface area contributed by atoms with Crippen LogP contribution >= 0.6 is 11.6 Å². The minimum Gasteiger partial charge on any atom is -0.493 e. The van der Waals surface area contributed by atoms with Crippen LogP contribution in [0, 0.1) is 16.7 Å². The monoisotopic (exact) mass is 266 g/mol. The molecule has 0 fully saturated rings. The molecule has 1 aromatic rings. The fourth-order valence-corrected chi connectivity index (χ4v) is 1.71. The van der Waals surface area contributed by atoms with Gasteiger partial charge in [0.05, 0.1) is 18.1 Å².